The number of rotatable bonds is 3. The van der Waals surface area contributed by atoms with Crippen molar-refractivity contribution in [2.45, 2.75) is 18.1 Å². The molecule has 1 aliphatic heterocycles. The minimum atomic E-state index is -3.63. The highest BCUT2D eigenvalue weighted by Gasteiger charge is 2.33. The summed E-state index contributed by atoms with van der Waals surface area (Å²) in [6.45, 7) is 0. The molecule has 9 heteroatoms. The first-order valence-electron chi connectivity index (χ1n) is 5.87. The lowest BCUT2D eigenvalue weighted by Crippen LogP contribution is -2.36. The van der Waals surface area contributed by atoms with Gasteiger partial charge >= 0.3 is 0 Å². The molecule has 0 spiro atoms. The van der Waals surface area contributed by atoms with E-state index in [1.54, 1.807) is 18.2 Å². The van der Waals surface area contributed by atoms with Crippen molar-refractivity contribution in [2.75, 3.05) is 16.2 Å². The van der Waals surface area contributed by atoms with E-state index in [0.29, 0.717) is 15.2 Å². The number of nitrogens with one attached hydrogen (secondary N) is 1. The first-order valence-corrected chi connectivity index (χ1v) is 10.4. The topological polar surface area (TPSA) is 80.3 Å². The fourth-order valence-corrected chi connectivity index (χ4v) is 5.96. The van der Waals surface area contributed by atoms with Crippen LogP contribution >= 0.6 is 27.5 Å². The summed E-state index contributed by atoms with van der Waals surface area (Å²) in [5.41, 5.74) is 0.353. The van der Waals surface area contributed by atoms with Crippen molar-refractivity contribution in [3.05, 3.63) is 27.7 Å². The van der Waals surface area contributed by atoms with Gasteiger partial charge in [-0.1, -0.05) is 17.7 Å². The van der Waals surface area contributed by atoms with E-state index in [4.69, 9.17) is 11.6 Å². The second-order valence-electron chi connectivity index (χ2n) is 4.60. The Bertz CT molecular complexity index is 704. The highest BCUT2D eigenvalue weighted by molar-refractivity contribution is 9.10. The van der Waals surface area contributed by atoms with E-state index in [2.05, 4.69) is 20.7 Å². The summed E-state index contributed by atoms with van der Waals surface area (Å²) < 4.78 is 50.1. The molecule has 2 rings (SSSR count). The molecule has 1 heterocycles. The van der Waals surface area contributed by atoms with Crippen molar-refractivity contribution in [3.63, 3.8) is 0 Å². The third-order valence-electron chi connectivity index (χ3n) is 3.14. The quantitative estimate of drug-likeness (QED) is 0.842. The third kappa shape index (κ3) is 3.66. The van der Waals surface area contributed by atoms with Crippen LogP contribution in [0.3, 0.4) is 0 Å². The molecule has 1 aromatic carbocycles. The summed E-state index contributed by atoms with van der Waals surface area (Å²) in [6.07, 6.45) is 0.242. The Morgan fingerprint density at radius 3 is 2.45 bits per heavy atom. The van der Waals surface area contributed by atoms with Crippen molar-refractivity contribution in [1.29, 1.82) is 0 Å². The van der Waals surface area contributed by atoms with E-state index < -0.39 is 25.1 Å². The van der Waals surface area contributed by atoms with Crippen molar-refractivity contribution < 1.29 is 16.8 Å². The lowest BCUT2D eigenvalue weighted by Gasteiger charge is -2.23. The average molecular weight is 403 g/mol. The van der Waals surface area contributed by atoms with Crippen LogP contribution in [0.15, 0.2) is 22.7 Å². The predicted octanol–water partition coefficient (Wildman–Crippen LogP) is 2.42. The first kappa shape index (κ1) is 16.1. The number of sulfone groups is 1. The Hall–Kier alpha value is -0.310. The number of benzene rings is 1. The van der Waals surface area contributed by atoms with Crippen molar-refractivity contribution >= 4 is 53.1 Å². The minimum Gasteiger partial charge on any atom is -0.282 e. The molecule has 0 aromatic heterocycles. The van der Waals surface area contributed by atoms with Crippen molar-refractivity contribution in [1.82, 2.24) is 0 Å². The van der Waals surface area contributed by atoms with Crippen LogP contribution < -0.4 is 4.72 Å². The average Bonchev–Trinajstić information content (AvgIpc) is 2.34. The number of hydrogen-bond donors (Lipinski definition) is 1. The predicted molar refractivity (Wildman–Crippen MR) is 83.4 cm³/mol. The van der Waals surface area contributed by atoms with Gasteiger partial charge in [0, 0.05) is 0 Å². The van der Waals surface area contributed by atoms with Gasteiger partial charge in [-0.25, -0.2) is 16.8 Å². The Morgan fingerprint density at radius 2 is 1.85 bits per heavy atom. The van der Waals surface area contributed by atoms with Crippen molar-refractivity contribution in [3.8, 4) is 0 Å². The Balaban J connectivity index is 2.18. The zero-order valence-corrected chi connectivity index (χ0v) is 14.3. The molecule has 1 fully saturated rings. The molecule has 0 amide bonds. The van der Waals surface area contributed by atoms with E-state index in [9.17, 15) is 16.8 Å². The van der Waals surface area contributed by atoms with Gasteiger partial charge in [0.05, 0.1) is 31.9 Å². The van der Waals surface area contributed by atoms with Gasteiger partial charge in [0.1, 0.15) is 9.84 Å². The standard InChI is InChI=1S/C11H13BrClNO4S2/c12-11-9(13)2-1-3-10(11)14-20(17,18)8-4-6-19(15,16)7-5-8/h1-3,8,14H,4-7H2. The molecule has 20 heavy (non-hydrogen) atoms. The normalized spacial score (nSPS) is 19.7. The lowest BCUT2D eigenvalue weighted by atomic mass is 10.2. The lowest BCUT2D eigenvalue weighted by molar-refractivity contribution is 0.555. The van der Waals surface area contributed by atoms with E-state index >= 15 is 0 Å². The maximum absolute atomic E-state index is 12.3. The third-order valence-corrected chi connectivity index (χ3v) is 8.11. The zero-order valence-electron chi connectivity index (χ0n) is 10.3. The molecule has 0 unspecified atom stereocenters. The maximum atomic E-state index is 12.3. The van der Waals surface area contributed by atoms with Gasteiger partial charge in [0.2, 0.25) is 10.0 Å². The summed E-state index contributed by atoms with van der Waals surface area (Å²) in [4.78, 5) is 0. The molecule has 1 aromatic rings. The molecule has 5 nitrogen and oxygen atoms in total. The summed E-state index contributed by atoms with van der Waals surface area (Å²) in [7, 11) is -6.72. The molecule has 0 saturated carbocycles. The van der Waals surface area contributed by atoms with Crippen LogP contribution in [0.1, 0.15) is 12.8 Å². The maximum Gasteiger partial charge on any atom is 0.235 e. The second-order valence-corrected chi connectivity index (χ2v) is 10.1. The van der Waals surface area contributed by atoms with Gasteiger partial charge in [-0.2, -0.15) is 0 Å². The molecule has 0 bridgehead atoms. The Kier molecular flexibility index (Phi) is 4.68. The van der Waals surface area contributed by atoms with Gasteiger partial charge in [0.25, 0.3) is 0 Å². The molecule has 0 atom stereocenters. The van der Waals surface area contributed by atoms with Gasteiger partial charge < -0.3 is 0 Å². The van der Waals surface area contributed by atoms with Crippen LogP contribution in [0, 0.1) is 0 Å². The molecule has 0 aliphatic carbocycles. The Morgan fingerprint density at radius 1 is 1.25 bits per heavy atom. The molecular formula is C11H13BrClNO4S2. The summed E-state index contributed by atoms with van der Waals surface area (Å²) in [6, 6.07) is 4.86. The smallest absolute Gasteiger partial charge is 0.235 e. The number of sulfonamides is 1. The van der Waals surface area contributed by atoms with E-state index in [1.165, 1.54) is 0 Å². The van der Waals surface area contributed by atoms with Gasteiger partial charge in [-0.3, -0.25) is 4.72 Å². The fourth-order valence-electron chi connectivity index (χ4n) is 2.00. The van der Waals surface area contributed by atoms with Crippen LogP contribution in [0.25, 0.3) is 0 Å². The van der Waals surface area contributed by atoms with E-state index in [-0.39, 0.29) is 24.3 Å². The van der Waals surface area contributed by atoms with Gasteiger partial charge in [-0.05, 0) is 40.9 Å². The monoisotopic (exact) mass is 401 g/mol. The van der Waals surface area contributed by atoms with Crippen LogP contribution in [0.2, 0.25) is 5.02 Å². The van der Waals surface area contributed by atoms with Crippen LogP contribution in [0.5, 0.6) is 0 Å². The van der Waals surface area contributed by atoms with E-state index in [1.807, 2.05) is 0 Å². The molecular weight excluding hydrogens is 390 g/mol. The number of anilines is 1. The second kappa shape index (κ2) is 5.82. The zero-order chi connectivity index (χ0) is 15.0. The first-order chi connectivity index (χ1) is 9.21. The molecule has 1 N–H and O–H groups in total. The summed E-state index contributed by atoms with van der Waals surface area (Å²) in [5, 5.41) is -0.298. The van der Waals surface area contributed by atoms with Gasteiger partial charge in [-0.15, -0.1) is 0 Å². The highest BCUT2D eigenvalue weighted by Crippen LogP contribution is 2.32. The summed E-state index contributed by atoms with van der Waals surface area (Å²) >= 11 is 9.13. The van der Waals surface area contributed by atoms with Crippen LogP contribution in [-0.4, -0.2) is 33.6 Å². The van der Waals surface area contributed by atoms with E-state index in [0.717, 1.165) is 0 Å². The summed E-state index contributed by atoms with van der Waals surface area (Å²) in [5.74, 6) is -0.176. The highest BCUT2D eigenvalue weighted by atomic mass is 79.9. The number of hydrogen-bond acceptors (Lipinski definition) is 4. The Labute approximate surface area is 131 Å². The number of halogens is 2. The minimum absolute atomic E-state index is 0.0880. The largest absolute Gasteiger partial charge is 0.282 e. The van der Waals surface area contributed by atoms with Crippen LogP contribution in [0.4, 0.5) is 5.69 Å². The molecule has 1 saturated heterocycles. The fraction of sp³-hybridized carbons (Fsp3) is 0.455. The molecule has 0 radical (unpaired) electrons. The van der Waals surface area contributed by atoms with Crippen LogP contribution in [-0.2, 0) is 19.9 Å². The van der Waals surface area contributed by atoms with Crippen molar-refractivity contribution in [2.24, 2.45) is 0 Å². The molecule has 1 aliphatic rings. The SMILES string of the molecule is O=S1(=O)CCC(S(=O)(=O)Nc2cccc(Cl)c2Br)CC1. The molecule has 112 valence electrons. The van der Waals surface area contributed by atoms with Gasteiger partial charge in [0.15, 0.2) is 0 Å².